The van der Waals surface area contributed by atoms with Crippen LogP contribution in [-0.4, -0.2) is 24.9 Å². The molecular formula is C22H23N3O2. The minimum Gasteiger partial charge on any atom is -0.619 e. The number of benzene rings is 2. The lowest BCUT2D eigenvalue weighted by atomic mass is 9.98. The van der Waals surface area contributed by atoms with Crippen LogP contribution in [0.3, 0.4) is 0 Å². The van der Waals surface area contributed by atoms with Crippen molar-refractivity contribution in [1.82, 2.24) is 10.2 Å². The van der Waals surface area contributed by atoms with Gasteiger partial charge in [0.05, 0.1) is 5.56 Å². The van der Waals surface area contributed by atoms with E-state index in [4.69, 9.17) is 0 Å². The first-order valence-corrected chi connectivity index (χ1v) is 8.82. The molecule has 1 aromatic heterocycles. The van der Waals surface area contributed by atoms with Crippen LogP contribution in [0.2, 0.25) is 0 Å². The van der Waals surface area contributed by atoms with Crippen LogP contribution in [0.4, 0.5) is 0 Å². The molecule has 0 aliphatic rings. The summed E-state index contributed by atoms with van der Waals surface area (Å²) in [4.78, 5) is 14.4. The number of rotatable bonds is 6. The molecule has 0 atom stereocenters. The summed E-state index contributed by atoms with van der Waals surface area (Å²) in [7, 11) is 4.10. The molecule has 1 heterocycles. The maximum Gasteiger partial charge on any atom is 0.252 e. The molecule has 5 heteroatoms. The molecule has 0 bridgehead atoms. The Kier molecular flexibility index (Phi) is 5.84. The Balaban J connectivity index is 1.74. The van der Waals surface area contributed by atoms with Gasteiger partial charge in [-0.15, -0.1) is 0 Å². The summed E-state index contributed by atoms with van der Waals surface area (Å²) in [5.74, 6) is -0.202. The van der Waals surface area contributed by atoms with Gasteiger partial charge in [-0.2, -0.15) is 4.73 Å². The highest BCUT2D eigenvalue weighted by atomic mass is 16.5. The van der Waals surface area contributed by atoms with Crippen LogP contribution in [0.1, 0.15) is 21.5 Å². The Hall–Kier alpha value is -3.18. The summed E-state index contributed by atoms with van der Waals surface area (Å²) in [5, 5.41) is 14.0. The normalized spacial score (nSPS) is 10.8. The van der Waals surface area contributed by atoms with Gasteiger partial charge in [-0.25, -0.2) is 0 Å². The van der Waals surface area contributed by atoms with Crippen molar-refractivity contribution in [2.45, 2.75) is 13.1 Å². The molecule has 0 spiro atoms. The molecule has 0 aliphatic heterocycles. The summed E-state index contributed by atoms with van der Waals surface area (Å²) in [6.45, 7) is 1.32. The second-order valence-corrected chi connectivity index (χ2v) is 6.72. The van der Waals surface area contributed by atoms with Gasteiger partial charge in [0.25, 0.3) is 5.91 Å². The molecule has 2 aromatic carbocycles. The van der Waals surface area contributed by atoms with Gasteiger partial charge in [-0.3, -0.25) is 4.79 Å². The van der Waals surface area contributed by atoms with Crippen LogP contribution in [0.15, 0.2) is 73.1 Å². The highest BCUT2D eigenvalue weighted by Crippen LogP contribution is 2.24. The molecule has 1 amide bonds. The molecule has 3 aromatic rings. The van der Waals surface area contributed by atoms with Crippen molar-refractivity contribution in [3.8, 4) is 11.1 Å². The second kappa shape index (κ2) is 8.47. The number of carbonyl (C=O) groups is 1. The number of pyridine rings is 1. The molecule has 0 saturated heterocycles. The maximum atomic E-state index is 12.3. The second-order valence-electron chi connectivity index (χ2n) is 6.72. The number of amides is 1. The van der Waals surface area contributed by atoms with E-state index in [2.05, 4.69) is 54.6 Å². The van der Waals surface area contributed by atoms with E-state index in [0.29, 0.717) is 16.8 Å². The van der Waals surface area contributed by atoms with Gasteiger partial charge in [-0.1, -0.05) is 48.5 Å². The smallest absolute Gasteiger partial charge is 0.252 e. The Labute approximate surface area is 159 Å². The molecule has 0 unspecified atom stereocenters. The van der Waals surface area contributed by atoms with Crippen molar-refractivity contribution in [3.63, 3.8) is 0 Å². The van der Waals surface area contributed by atoms with Gasteiger partial charge in [-0.05, 0) is 36.3 Å². The number of hydrogen-bond acceptors (Lipinski definition) is 3. The highest BCUT2D eigenvalue weighted by Gasteiger charge is 2.09. The zero-order valence-electron chi connectivity index (χ0n) is 15.6. The lowest BCUT2D eigenvalue weighted by Gasteiger charge is -2.13. The number of carbonyl (C=O) groups excluding carboxylic acids is 1. The summed E-state index contributed by atoms with van der Waals surface area (Å²) in [5.41, 5.74) is 4.98. The predicted molar refractivity (Wildman–Crippen MR) is 106 cm³/mol. The quantitative estimate of drug-likeness (QED) is 0.542. The van der Waals surface area contributed by atoms with Crippen LogP contribution in [-0.2, 0) is 13.1 Å². The number of nitrogens with one attached hydrogen (secondary N) is 1. The van der Waals surface area contributed by atoms with Gasteiger partial charge in [0.15, 0.2) is 12.4 Å². The zero-order chi connectivity index (χ0) is 19.2. The molecular weight excluding hydrogens is 338 g/mol. The fourth-order valence-electron chi connectivity index (χ4n) is 2.95. The van der Waals surface area contributed by atoms with E-state index in [1.165, 1.54) is 30.1 Å². The van der Waals surface area contributed by atoms with E-state index in [9.17, 15) is 10.0 Å². The molecule has 1 N–H and O–H groups in total. The number of nitrogens with zero attached hydrogens (tertiary/aromatic N) is 2. The molecule has 5 nitrogen and oxygen atoms in total. The van der Waals surface area contributed by atoms with E-state index >= 15 is 0 Å². The van der Waals surface area contributed by atoms with Crippen molar-refractivity contribution in [3.05, 3.63) is 95.0 Å². The predicted octanol–water partition coefficient (Wildman–Crippen LogP) is 2.98. The van der Waals surface area contributed by atoms with Crippen LogP contribution in [0.5, 0.6) is 0 Å². The van der Waals surface area contributed by atoms with Gasteiger partial charge >= 0.3 is 0 Å². The van der Waals surface area contributed by atoms with Crippen molar-refractivity contribution >= 4 is 5.91 Å². The van der Waals surface area contributed by atoms with Crippen LogP contribution in [0.25, 0.3) is 11.1 Å². The lowest BCUT2D eigenvalue weighted by molar-refractivity contribution is -0.605. The maximum absolute atomic E-state index is 12.3. The minimum atomic E-state index is -0.202. The summed E-state index contributed by atoms with van der Waals surface area (Å²) < 4.78 is 0.659. The van der Waals surface area contributed by atoms with E-state index in [1.807, 2.05) is 18.2 Å². The van der Waals surface area contributed by atoms with Crippen molar-refractivity contribution in [2.75, 3.05) is 14.1 Å². The zero-order valence-corrected chi connectivity index (χ0v) is 15.6. The Morgan fingerprint density at radius 3 is 2.33 bits per heavy atom. The Morgan fingerprint density at radius 1 is 1.00 bits per heavy atom. The first kappa shape index (κ1) is 18.6. The third-order valence-electron chi connectivity index (χ3n) is 4.28. The van der Waals surface area contributed by atoms with Gasteiger partial charge in [0, 0.05) is 25.2 Å². The van der Waals surface area contributed by atoms with Crippen LogP contribution in [0, 0.1) is 5.21 Å². The van der Waals surface area contributed by atoms with E-state index in [-0.39, 0.29) is 5.91 Å². The standard InChI is InChI=1S/C22H23N3O2/c1-24(2)16-17-7-9-18(10-8-17)21-6-4-3-5-20(21)15-23-22(26)19-11-13-25(27)14-12-19/h3-14H,15-16H2,1-2H3,(H,23,26). The first-order chi connectivity index (χ1) is 13.0. The van der Waals surface area contributed by atoms with Gasteiger partial charge < -0.3 is 15.4 Å². The molecule has 0 fully saturated rings. The summed E-state index contributed by atoms with van der Waals surface area (Å²) >= 11 is 0. The number of hydrogen-bond donors (Lipinski definition) is 1. The van der Waals surface area contributed by atoms with E-state index < -0.39 is 0 Å². The SMILES string of the molecule is CN(C)Cc1ccc(-c2ccccc2CNC(=O)c2cc[n+]([O-])cc2)cc1. The average Bonchev–Trinajstić information content (AvgIpc) is 2.67. The molecule has 27 heavy (non-hydrogen) atoms. The fraction of sp³-hybridized carbons (Fsp3) is 0.182. The van der Waals surface area contributed by atoms with Crippen molar-refractivity contribution in [1.29, 1.82) is 0 Å². The van der Waals surface area contributed by atoms with E-state index in [0.717, 1.165) is 23.2 Å². The monoisotopic (exact) mass is 361 g/mol. The number of aromatic nitrogens is 1. The highest BCUT2D eigenvalue weighted by molar-refractivity contribution is 5.93. The minimum absolute atomic E-state index is 0.202. The summed E-state index contributed by atoms with van der Waals surface area (Å²) in [6, 6.07) is 19.6. The van der Waals surface area contributed by atoms with Crippen LogP contribution >= 0.6 is 0 Å². The molecule has 0 radical (unpaired) electrons. The largest absolute Gasteiger partial charge is 0.619 e. The molecule has 3 rings (SSSR count). The van der Waals surface area contributed by atoms with Crippen LogP contribution < -0.4 is 10.0 Å². The van der Waals surface area contributed by atoms with Crippen molar-refractivity contribution < 1.29 is 9.52 Å². The Bertz CT molecular complexity index is 904. The average molecular weight is 361 g/mol. The van der Waals surface area contributed by atoms with E-state index in [1.54, 1.807) is 0 Å². The lowest BCUT2D eigenvalue weighted by Crippen LogP contribution is -2.27. The third-order valence-corrected chi connectivity index (χ3v) is 4.28. The molecule has 138 valence electrons. The Morgan fingerprint density at radius 2 is 1.67 bits per heavy atom. The topological polar surface area (TPSA) is 59.3 Å². The fourth-order valence-corrected chi connectivity index (χ4v) is 2.95. The molecule has 0 aliphatic carbocycles. The van der Waals surface area contributed by atoms with Gasteiger partial charge in [0.1, 0.15) is 0 Å². The molecule has 0 saturated carbocycles. The van der Waals surface area contributed by atoms with Gasteiger partial charge in [0.2, 0.25) is 0 Å². The third kappa shape index (κ3) is 4.92. The first-order valence-electron chi connectivity index (χ1n) is 8.82. The van der Waals surface area contributed by atoms with Crippen molar-refractivity contribution in [2.24, 2.45) is 0 Å². The summed E-state index contributed by atoms with van der Waals surface area (Å²) in [6.07, 6.45) is 2.64.